The lowest BCUT2D eigenvalue weighted by Gasteiger charge is -2.26. The minimum atomic E-state index is -0.905. The summed E-state index contributed by atoms with van der Waals surface area (Å²) in [5, 5.41) is 11.7. The van der Waals surface area contributed by atoms with Gasteiger partial charge in [-0.2, -0.15) is 0 Å². The van der Waals surface area contributed by atoms with Crippen molar-refractivity contribution in [2.24, 2.45) is 0 Å². The molecule has 5 rings (SSSR count). The number of hydrogen-bond acceptors (Lipinski definition) is 9. The molecule has 2 aliphatic heterocycles. The van der Waals surface area contributed by atoms with E-state index in [1.165, 1.54) is 17.6 Å². The molecule has 0 radical (unpaired) electrons. The largest absolute Gasteiger partial charge is 0.456 e. The number of nitrogens with zero attached hydrogens (tertiary/aromatic N) is 1. The monoisotopic (exact) mass is 391 g/mol. The van der Waals surface area contributed by atoms with Gasteiger partial charge in [0.05, 0.1) is 17.7 Å². The quantitative estimate of drug-likeness (QED) is 0.611. The average molecular weight is 391 g/mol. The molecule has 3 aromatic rings. The average Bonchev–Trinajstić information content (AvgIpc) is 3.37. The first-order valence-electron chi connectivity index (χ1n) is 8.41. The van der Waals surface area contributed by atoms with E-state index in [2.05, 4.69) is 9.97 Å². The highest BCUT2D eigenvalue weighted by Gasteiger charge is 2.62. The lowest BCUT2D eigenvalue weighted by molar-refractivity contribution is -0.156. The summed E-state index contributed by atoms with van der Waals surface area (Å²) in [4.78, 5) is 19.6. The van der Waals surface area contributed by atoms with Crippen LogP contribution in [0.5, 0.6) is 0 Å². The maximum atomic E-state index is 12.1. The molecule has 27 heavy (non-hydrogen) atoms. The zero-order valence-electron chi connectivity index (χ0n) is 14.2. The molecule has 4 N–H and O–H groups in total. The predicted octanol–water partition coefficient (Wildman–Crippen LogP) is 1.46. The number of anilines is 1. The third-order valence-corrected chi connectivity index (χ3v) is 5.97. The first-order chi connectivity index (χ1) is 13.0. The smallest absolute Gasteiger partial charge is 0.295 e. The highest BCUT2D eigenvalue weighted by atomic mass is 32.1. The van der Waals surface area contributed by atoms with Crippen molar-refractivity contribution in [1.29, 1.82) is 0 Å². The van der Waals surface area contributed by atoms with Gasteiger partial charge >= 0.3 is 0 Å². The molecule has 0 saturated carbocycles. The number of hydrogen-bond donors (Lipinski definition) is 3. The van der Waals surface area contributed by atoms with Crippen molar-refractivity contribution in [2.75, 3.05) is 12.3 Å². The van der Waals surface area contributed by atoms with E-state index >= 15 is 0 Å². The van der Waals surface area contributed by atoms with E-state index in [-0.39, 0.29) is 18.1 Å². The highest BCUT2D eigenvalue weighted by Crippen LogP contribution is 2.54. The third kappa shape index (κ3) is 2.38. The van der Waals surface area contributed by atoms with Gasteiger partial charge in [-0.1, -0.05) is 6.07 Å². The van der Waals surface area contributed by atoms with Crippen LogP contribution in [0.1, 0.15) is 29.8 Å². The van der Waals surface area contributed by atoms with Crippen LogP contribution < -0.4 is 11.3 Å². The van der Waals surface area contributed by atoms with E-state index in [1.807, 2.05) is 24.4 Å². The lowest BCUT2D eigenvalue weighted by atomic mass is 9.89. The van der Waals surface area contributed by atoms with Gasteiger partial charge in [0.15, 0.2) is 6.29 Å². The van der Waals surface area contributed by atoms with Crippen LogP contribution in [0.25, 0.3) is 11.1 Å². The molecule has 0 aromatic carbocycles. The first-order valence-corrected chi connectivity index (χ1v) is 9.29. The van der Waals surface area contributed by atoms with E-state index < -0.39 is 35.8 Å². The van der Waals surface area contributed by atoms with Crippen LogP contribution in [0.15, 0.2) is 33.0 Å². The van der Waals surface area contributed by atoms with Gasteiger partial charge in [-0.25, -0.2) is 4.98 Å². The molecule has 5 heterocycles. The van der Waals surface area contributed by atoms with Crippen molar-refractivity contribution in [2.45, 2.75) is 37.1 Å². The number of rotatable bonds is 3. The summed E-state index contributed by atoms with van der Waals surface area (Å²) in [7, 11) is 0. The van der Waals surface area contributed by atoms with Gasteiger partial charge in [-0.15, -0.1) is 11.3 Å². The normalized spacial score (nSPS) is 33.0. The minimum absolute atomic E-state index is 0.0198. The Morgan fingerprint density at radius 2 is 2.30 bits per heavy atom. The number of aromatic amines is 1. The van der Waals surface area contributed by atoms with Gasteiger partial charge in [-0.3, -0.25) is 9.78 Å². The van der Waals surface area contributed by atoms with Crippen molar-refractivity contribution in [3.63, 3.8) is 0 Å². The molecule has 142 valence electrons. The van der Waals surface area contributed by atoms with Crippen LogP contribution in [0.2, 0.25) is 0 Å². The van der Waals surface area contributed by atoms with Crippen LogP contribution in [-0.4, -0.2) is 39.5 Å². The first kappa shape index (κ1) is 16.9. The topological polar surface area (TPSA) is 133 Å². The zero-order chi connectivity index (χ0) is 18.8. The van der Waals surface area contributed by atoms with Gasteiger partial charge in [0.25, 0.3) is 5.56 Å². The number of nitrogen functional groups attached to an aromatic ring is 1. The number of furan rings is 1. The molecule has 9 nitrogen and oxygen atoms in total. The Balaban J connectivity index is 1.60. The van der Waals surface area contributed by atoms with E-state index in [9.17, 15) is 9.90 Å². The molecule has 0 amide bonds. The Bertz CT molecular complexity index is 1050. The number of H-pyrrole nitrogens is 1. The number of ether oxygens (including phenoxy) is 3. The Hall–Kier alpha value is -2.24. The Morgan fingerprint density at radius 1 is 1.44 bits per heavy atom. The molecule has 2 aliphatic rings. The van der Waals surface area contributed by atoms with Crippen molar-refractivity contribution >= 4 is 28.4 Å². The van der Waals surface area contributed by atoms with Gasteiger partial charge in [0.1, 0.15) is 29.4 Å². The summed E-state index contributed by atoms with van der Waals surface area (Å²) in [5.74, 6) is -0.0198. The molecule has 2 saturated heterocycles. The highest BCUT2D eigenvalue weighted by molar-refractivity contribution is 7.10. The Kier molecular flexibility index (Phi) is 3.68. The third-order valence-electron chi connectivity index (χ3n) is 5.08. The van der Waals surface area contributed by atoms with Crippen LogP contribution in [0.3, 0.4) is 0 Å². The van der Waals surface area contributed by atoms with Crippen LogP contribution in [0.4, 0.5) is 5.95 Å². The standard InChI is InChI=1S/C17H17N3O6S/c1-17-12(7-6-23-11-10(7)19-16(18)20-14(11)22)24-8(5-21)13(17)25-15(26-17)9-3-2-4-27-9/h2-4,6,8,12-13,15,21H,5H2,1H3,(H3,18,19,20,22)/t8-,12+,13-,15?,17+/m1/s1. The molecular formula is C17H17N3O6S. The number of fused-ring (bicyclic) bond motifs is 2. The second-order valence-electron chi connectivity index (χ2n) is 6.76. The zero-order valence-corrected chi connectivity index (χ0v) is 15.1. The molecule has 0 aliphatic carbocycles. The summed E-state index contributed by atoms with van der Waals surface area (Å²) in [6.07, 6.45) is -0.876. The second-order valence-corrected chi connectivity index (χ2v) is 7.74. The molecule has 1 unspecified atom stereocenters. The number of aliphatic hydroxyl groups is 1. The van der Waals surface area contributed by atoms with Crippen molar-refractivity contribution in [3.8, 4) is 0 Å². The Morgan fingerprint density at radius 3 is 3.04 bits per heavy atom. The van der Waals surface area contributed by atoms with Gasteiger partial charge < -0.3 is 29.5 Å². The minimum Gasteiger partial charge on any atom is -0.456 e. The number of thiophene rings is 1. The Labute approximate surface area is 156 Å². The summed E-state index contributed by atoms with van der Waals surface area (Å²) in [5.41, 5.74) is 5.21. The number of aromatic nitrogens is 2. The molecule has 10 heteroatoms. The lowest BCUT2D eigenvalue weighted by Crippen LogP contribution is -2.40. The predicted molar refractivity (Wildman–Crippen MR) is 95.2 cm³/mol. The number of aliphatic hydroxyl groups excluding tert-OH is 1. The molecule has 2 fully saturated rings. The fourth-order valence-electron chi connectivity index (χ4n) is 3.86. The van der Waals surface area contributed by atoms with Crippen molar-refractivity contribution < 1.29 is 23.7 Å². The van der Waals surface area contributed by atoms with Crippen LogP contribution >= 0.6 is 11.3 Å². The molecular weight excluding hydrogens is 374 g/mol. The SMILES string of the molecule is C[C@@]12OC(c3cccs3)O[C@@H]1[C@@H](CO)O[C@H]2c1coc2c(=O)[nH]c(N)nc12. The van der Waals surface area contributed by atoms with Gasteiger partial charge in [0, 0.05) is 5.56 Å². The van der Waals surface area contributed by atoms with E-state index in [0.717, 1.165) is 4.88 Å². The maximum absolute atomic E-state index is 12.1. The number of nitrogens with one attached hydrogen (secondary N) is 1. The van der Waals surface area contributed by atoms with Crippen molar-refractivity contribution in [3.05, 3.63) is 44.6 Å². The molecule has 5 atom stereocenters. The van der Waals surface area contributed by atoms with Crippen LogP contribution in [0, 0.1) is 0 Å². The van der Waals surface area contributed by atoms with Gasteiger partial charge in [-0.05, 0) is 18.4 Å². The van der Waals surface area contributed by atoms with E-state index in [1.54, 1.807) is 0 Å². The maximum Gasteiger partial charge on any atom is 0.295 e. The summed E-state index contributed by atoms with van der Waals surface area (Å²) in [6, 6.07) is 3.85. The van der Waals surface area contributed by atoms with E-state index in [0.29, 0.717) is 11.1 Å². The summed E-state index contributed by atoms with van der Waals surface area (Å²) < 4.78 is 23.8. The molecule has 3 aromatic heterocycles. The molecule has 0 bridgehead atoms. The fraction of sp³-hybridized carbons (Fsp3) is 0.412. The fourth-order valence-corrected chi connectivity index (χ4v) is 4.55. The molecule has 0 spiro atoms. The van der Waals surface area contributed by atoms with Gasteiger partial charge in [0.2, 0.25) is 11.5 Å². The summed E-state index contributed by atoms with van der Waals surface area (Å²) in [6.45, 7) is 1.63. The van der Waals surface area contributed by atoms with Crippen molar-refractivity contribution in [1.82, 2.24) is 9.97 Å². The number of nitrogens with two attached hydrogens (primary N) is 1. The second kappa shape index (κ2) is 5.88. The van der Waals surface area contributed by atoms with Crippen LogP contribution in [-0.2, 0) is 14.2 Å². The summed E-state index contributed by atoms with van der Waals surface area (Å²) >= 11 is 1.53. The van der Waals surface area contributed by atoms with E-state index in [4.69, 9.17) is 24.4 Å².